The molecule has 4 nitrogen and oxygen atoms in total. The van der Waals surface area contributed by atoms with Gasteiger partial charge in [-0.3, -0.25) is 0 Å². The van der Waals surface area contributed by atoms with E-state index in [4.69, 9.17) is 14.5 Å². The van der Waals surface area contributed by atoms with E-state index in [1.54, 1.807) is 26.4 Å². The van der Waals surface area contributed by atoms with Crippen molar-refractivity contribution in [2.45, 2.75) is 0 Å². The largest absolute Gasteiger partial charge is 0.495 e. The van der Waals surface area contributed by atoms with Crippen LogP contribution in [0, 0.1) is 5.82 Å². The third kappa shape index (κ3) is 4.00. The van der Waals surface area contributed by atoms with Crippen LogP contribution in [-0.2, 0) is 0 Å². The highest BCUT2D eigenvalue weighted by Gasteiger charge is 2.10. The van der Waals surface area contributed by atoms with Gasteiger partial charge in [-0.1, -0.05) is 24.3 Å². The zero-order valence-corrected chi connectivity index (χ0v) is 14.6. The fourth-order valence-electron chi connectivity index (χ4n) is 2.49. The van der Waals surface area contributed by atoms with E-state index in [-0.39, 0.29) is 5.82 Å². The predicted octanol–water partition coefficient (Wildman–Crippen LogP) is 5.03. The maximum atomic E-state index is 13.3. The minimum Gasteiger partial charge on any atom is -0.495 e. The first-order valence-electron chi connectivity index (χ1n) is 8.09. The first kappa shape index (κ1) is 17.5. The molecule has 5 heteroatoms. The summed E-state index contributed by atoms with van der Waals surface area (Å²) < 4.78 is 24.1. The molecule has 132 valence electrons. The summed E-state index contributed by atoms with van der Waals surface area (Å²) >= 11 is 0. The summed E-state index contributed by atoms with van der Waals surface area (Å²) in [5.74, 6) is 1.58. The third-order valence-corrected chi connectivity index (χ3v) is 3.80. The van der Waals surface area contributed by atoms with Crippen LogP contribution in [0.2, 0.25) is 0 Å². The van der Waals surface area contributed by atoms with Crippen LogP contribution in [-0.4, -0.2) is 20.1 Å². The molecule has 0 spiro atoms. The van der Waals surface area contributed by atoms with Crippen molar-refractivity contribution in [3.8, 4) is 11.5 Å². The lowest BCUT2D eigenvalue weighted by atomic mass is 10.2. The SMILES string of the molecule is COc1ccccc1N=C(Nc1ccccc1OC)c1ccc(F)cc1. The molecule has 0 radical (unpaired) electrons. The zero-order chi connectivity index (χ0) is 18.4. The average Bonchev–Trinajstić information content (AvgIpc) is 2.69. The molecule has 0 heterocycles. The summed E-state index contributed by atoms with van der Waals surface area (Å²) in [6.07, 6.45) is 0. The lowest BCUT2D eigenvalue weighted by molar-refractivity contribution is 0.416. The highest BCUT2D eigenvalue weighted by Crippen LogP contribution is 2.29. The summed E-state index contributed by atoms with van der Waals surface area (Å²) in [6.45, 7) is 0. The number of aliphatic imine (C=N–C) groups is 1. The number of amidine groups is 1. The van der Waals surface area contributed by atoms with Crippen LogP contribution in [0.3, 0.4) is 0 Å². The zero-order valence-electron chi connectivity index (χ0n) is 14.6. The number of halogens is 1. The highest BCUT2D eigenvalue weighted by atomic mass is 19.1. The van der Waals surface area contributed by atoms with E-state index >= 15 is 0 Å². The van der Waals surface area contributed by atoms with Gasteiger partial charge < -0.3 is 14.8 Å². The fourth-order valence-corrected chi connectivity index (χ4v) is 2.49. The molecule has 3 aromatic carbocycles. The van der Waals surface area contributed by atoms with E-state index in [9.17, 15) is 4.39 Å². The normalized spacial score (nSPS) is 11.1. The van der Waals surface area contributed by atoms with Crippen LogP contribution < -0.4 is 14.8 Å². The molecular formula is C21H19FN2O2. The number of methoxy groups -OCH3 is 2. The van der Waals surface area contributed by atoms with Crippen molar-refractivity contribution < 1.29 is 13.9 Å². The van der Waals surface area contributed by atoms with Crippen molar-refractivity contribution in [1.29, 1.82) is 0 Å². The molecule has 0 unspecified atom stereocenters. The number of nitrogens with one attached hydrogen (secondary N) is 1. The van der Waals surface area contributed by atoms with Gasteiger partial charge in [-0.2, -0.15) is 0 Å². The Morgan fingerprint density at radius 3 is 2.12 bits per heavy atom. The topological polar surface area (TPSA) is 42.8 Å². The Labute approximate surface area is 151 Å². The fraction of sp³-hybridized carbons (Fsp3) is 0.0952. The Morgan fingerprint density at radius 1 is 0.808 bits per heavy atom. The van der Waals surface area contributed by atoms with E-state index in [1.807, 2.05) is 48.5 Å². The average molecular weight is 350 g/mol. The number of para-hydroxylation sites is 4. The Morgan fingerprint density at radius 2 is 1.42 bits per heavy atom. The van der Waals surface area contributed by atoms with Crippen molar-refractivity contribution in [1.82, 2.24) is 0 Å². The summed E-state index contributed by atoms with van der Waals surface area (Å²) in [6, 6.07) is 21.1. The minimum absolute atomic E-state index is 0.303. The molecule has 0 aliphatic carbocycles. The van der Waals surface area contributed by atoms with Crippen LogP contribution in [0.4, 0.5) is 15.8 Å². The number of anilines is 1. The second-order valence-electron chi connectivity index (χ2n) is 5.46. The molecule has 0 saturated heterocycles. The van der Waals surface area contributed by atoms with Crippen molar-refractivity contribution in [2.24, 2.45) is 4.99 Å². The first-order valence-corrected chi connectivity index (χ1v) is 8.09. The van der Waals surface area contributed by atoms with E-state index in [1.165, 1.54) is 12.1 Å². The summed E-state index contributed by atoms with van der Waals surface area (Å²) in [5.41, 5.74) is 2.16. The molecule has 3 rings (SSSR count). The van der Waals surface area contributed by atoms with Crippen LogP contribution in [0.15, 0.2) is 77.8 Å². The summed E-state index contributed by atoms with van der Waals surface area (Å²) in [7, 11) is 3.20. The number of rotatable bonds is 5. The van der Waals surface area contributed by atoms with Gasteiger partial charge in [0.15, 0.2) is 0 Å². The second kappa shape index (κ2) is 8.16. The Kier molecular flexibility index (Phi) is 5.49. The maximum absolute atomic E-state index is 13.3. The van der Waals surface area contributed by atoms with Crippen molar-refractivity contribution in [3.63, 3.8) is 0 Å². The van der Waals surface area contributed by atoms with Gasteiger partial charge in [-0.25, -0.2) is 9.38 Å². The molecular weight excluding hydrogens is 331 g/mol. The molecule has 0 aliphatic heterocycles. The van der Waals surface area contributed by atoms with Gasteiger partial charge in [-0.15, -0.1) is 0 Å². The number of hydrogen-bond donors (Lipinski definition) is 1. The summed E-state index contributed by atoms with van der Waals surface area (Å²) in [5, 5.41) is 3.28. The van der Waals surface area contributed by atoms with E-state index in [0.717, 1.165) is 11.3 Å². The van der Waals surface area contributed by atoms with Crippen LogP contribution in [0.1, 0.15) is 5.56 Å². The first-order chi connectivity index (χ1) is 12.7. The molecule has 26 heavy (non-hydrogen) atoms. The highest BCUT2D eigenvalue weighted by molar-refractivity contribution is 6.10. The molecule has 1 N–H and O–H groups in total. The second-order valence-corrected chi connectivity index (χ2v) is 5.46. The quantitative estimate of drug-likeness (QED) is 0.518. The standard InChI is InChI=1S/C21H19FN2O2/c1-25-19-9-5-3-7-17(19)23-21(15-11-13-16(22)14-12-15)24-18-8-4-6-10-20(18)26-2/h3-14H,1-2H3,(H,23,24). The van der Waals surface area contributed by atoms with Crippen molar-refractivity contribution >= 4 is 17.2 Å². The lowest BCUT2D eigenvalue weighted by Crippen LogP contribution is -2.14. The van der Waals surface area contributed by atoms with Gasteiger partial charge in [0.05, 0.1) is 19.9 Å². The Bertz CT molecular complexity index is 908. The van der Waals surface area contributed by atoms with E-state index in [2.05, 4.69) is 5.32 Å². The predicted molar refractivity (Wildman–Crippen MR) is 102 cm³/mol. The summed E-state index contributed by atoms with van der Waals surface area (Å²) in [4.78, 5) is 4.70. The molecule has 0 fully saturated rings. The molecule has 0 aromatic heterocycles. The van der Waals surface area contributed by atoms with Gasteiger partial charge in [0.25, 0.3) is 0 Å². The van der Waals surface area contributed by atoms with Gasteiger partial charge in [0.2, 0.25) is 0 Å². The number of hydrogen-bond acceptors (Lipinski definition) is 3. The maximum Gasteiger partial charge on any atom is 0.144 e. The monoisotopic (exact) mass is 350 g/mol. The third-order valence-electron chi connectivity index (χ3n) is 3.80. The van der Waals surface area contributed by atoms with Gasteiger partial charge in [-0.05, 0) is 48.5 Å². The molecule has 0 aliphatic rings. The molecule has 0 atom stereocenters. The Hall–Kier alpha value is -3.34. The van der Waals surface area contributed by atoms with Gasteiger partial charge in [0, 0.05) is 5.56 Å². The van der Waals surface area contributed by atoms with Crippen molar-refractivity contribution in [3.05, 3.63) is 84.2 Å². The van der Waals surface area contributed by atoms with E-state index < -0.39 is 0 Å². The number of ether oxygens (including phenoxy) is 2. The smallest absolute Gasteiger partial charge is 0.144 e. The number of benzene rings is 3. The van der Waals surface area contributed by atoms with Crippen LogP contribution >= 0.6 is 0 Å². The number of nitrogens with zero attached hydrogens (tertiary/aromatic N) is 1. The molecule has 3 aromatic rings. The lowest BCUT2D eigenvalue weighted by Gasteiger charge is -2.14. The van der Waals surface area contributed by atoms with Gasteiger partial charge >= 0.3 is 0 Å². The van der Waals surface area contributed by atoms with Crippen molar-refractivity contribution in [2.75, 3.05) is 19.5 Å². The van der Waals surface area contributed by atoms with Crippen LogP contribution in [0.5, 0.6) is 11.5 Å². The Balaban J connectivity index is 2.07. The minimum atomic E-state index is -0.303. The van der Waals surface area contributed by atoms with Gasteiger partial charge in [0.1, 0.15) is 28.8 Å². The van der Waals surface area contributed by atoms with E-state index in [0.29, 0.717) is 23.0 Å². The van der Waals surface area contributed by atoms with Crippen LogP contribution in [0.25, 0.3) is 0 Å². The molecule has 0 bridgehead atoms. The molecule has 0 amide bonds. The molecule has 0 saturated carbocycles.